The van der Waals surface area contributed by atoms with Crippen LogP contribution in [0, 0.1) is 17.0 Å². The third-order valence-corrected chi connectivity index (χ3v) is 4.08. The molecule has 0 aromatic heterocycles. The third-order valence-electron chi connectivity index (χ3n) is 4.08. The van der Waals surface area contributed by atoms with E-state index in [2.05, 4.69) is 12.2 Å². The van der Waals surface area contributed by atoms with Crippen molar-refractivity contribution in [1.82, 2.24) is 5.32 Å². The SMILES string of the molecule is CC(NCC1(C)CCCC1)c1c(F)cccc1F. The van der Waals surface area contributed by atoms with Gasteiger partial charge in [0.15, 0.2) is 0 Å². The molecule has 1 aliphatic rings. The van der Waals surface area contributed by atoms with Crippen LogP contribution in [-0.4, -0.2) is 6.54 Å². The molecule has 1 N–H and O–H groups in total. The molecule has 0 aliphatic heterocycles. The summed E-state index contributed by atoms with van der Waals surface area (Å²) in [7, 11) is 0. The van der Waals surface area contributed by atoms with Gasteiger partial charge in [0.2, 0.25) is 0 Å². The van der Waals surface area contributed by atoms with Gasteiger partial charge in [-0.3, -0.25) is 0 Å². The standard InChI is InChI=1S/C15H21F2N/c1-11(14-12(16)6-5-7-13(14)17)18-10-15(2)8-3-4-9-15/h5-7,11,18H,3-4,8-10H2,1-2H3. The minimum absolute atomic E-state index is 0.152. The van der Waals surface area contributed by atoms with Gasteiger partial charge in [-0.1, -0.05) is 25.8 Å². The van der Waals surface area contributed by atoms with Crippen molar-refractivity contribution in [3.63, 3.8) is 0 Å². The summed E-state index contributed by atoms with van der Waals surface area (Å²) in [6, 6.07) is 3.74. The van der Waals surface area contributed by atoms with Gasteiger partial charge >= 0.3 is 0 Å². The van der Waals surface area contributed by atoms with E-state index in [0.29, 0.717) is 0 Å². The summed E-state index contributed by atoms with van der Waals surface area (Å²) >= 11 is 0. The van der Waals surface area contributed by atoms with E-state index < -0.39 is 11.6 Å². The fourth-order valence-corrected chi connectivity index (χ4v) is 2.83. The Labute approximate surface area is 108 Å². The second-order valence-electron chi connectivity index (χ2n) is 5.76. The second kappa shape index (κ2) is 5.35. The van der Waals surface area contributed by atoms with Gasteiger partial charge in [-0.2, -0.15) is 0 Å². The second-order valence-corrected chi connectivity index (χ2v) is 5.76. The highest BCUT2D eigenvalue weighted by Gasteiger charge is 2.29. The molecule has 1 nitrogen and oxygen atoms in total. The van der Waals surface area contributed by atoms with Crippen molar-refractivity contribution in [3.05, 3.63) is 35.4 Å². The highest BCUT2D eigenvalue weighted by molar-refractivity contribution is 5.22. The normalized spacial score (nSPS) is 20.0. The van der Waals surface area contributed by atoms with Crippen LogP contribution in [0.5, 0.6) is 0 Å². The average Bonchev–Trinajstić information content (AvgIpc) is 2.74. The third kappa shape index (κ3) is 2.89. The predicted molar refractivity (Wildman–Crippen MR) is 69.4 cm³/mol. The van der Waals surface area contributed by atoms with E-state index in [1.54, 1.807) is 0 Å². The number of rotatable bonds is 4. The van der Waals surface area contributed by atoms with E-state index >= 15 is 0 Å². The summed E-state index contributed by atoms with van der Waals surface area (Å²) in [5, 5.41) is 3.28. The molecule has 1 unspecified atom stereocenters. The summed E-state index contributed by atoms with van der Waals surface area (Å²) in [6.45, 7) is 4.89. The van der Waals surface area contributed by atoms with Gasteiger partial charge < -0.3 is 5.32 Å². The Morgan fingerprint density at radius 1 is 1.22 bits per heavy atom. The maximum Gasteiger partial charge on any atom is 0.130 e. The molecule has 18 heavy (non-hydrogen) atoms. The number of halogens is 2. The van der Waals surface area contributed by atoms with Gasteiger partial charge in [-0.05, 0) is 37.3 Å². The summed E-state index contributed by atoms with van der Waals surface area (Å²) in [6.07, 6.45) is 4.93. The van der Waals surface area contributed by atoms with E-state index in [9.17, 15) is 8.78 Å². The van der Waals surface area contributed by atoms with Gasteiger partial charge in [-0.25, -0.2) is 8.78 Å². The first-order valence-corrected chi connectivity index (χ1v) is 6.69. The number of benzene rings is 1. The highest BCUT2D eigenvalue weighted by atomic mass is 19.1. The molecule has 1 fully saturated rings. The average molecular weight is 253 g/mol. The number of hydrogen-bond acceptors (Lipinski definition) is 1. The molecule has 1 saturated carbocycles. The van der Waals surface area contributed by atoms with Gasteiger partial charge in [0, 0.05) is 18.2 Å². The zero-order valence-electron chi connectivity index (χ0n) is 11.1. The number of nitrogens with one attached hydrogen (secondary N) is 1. The molecule has 1 aromatic carbocycles. The molecule has 1 aliphatic carbocycles. The Bertz CT molecular complexity index is 391. The van der Waals surface area contributed by atoms with E-state index in [4.69, 9.17) is 0 Å². The minimum Gasteiger partial charge on any atom is -0.309 e. The van der Waals surface area contributed by atoms with Gasteiger partial charge in [0.1, 0.15) is 11.6 Å². The van der Waals surface area contributed by atoms with Crippen molar-refractivity contribution in [3.8, 4) is 0 Å². The molecule has 3 heteroatoms. The quantitative estimate of drug-likeness (QED) is 0.848. The van der Waals surface area contributed by atoms with Crippen molar-refractivity contribution >= 4 is 0 Å². The van der Waals surface area contributed by atoms with Crippen LogP contribution in [-0.2, 0) is 0 Å². The van der Waals surface area contributed by atoms with Crippen LogP contribution in [0.25, 0.3) is 0 Å². The monoisotopic (exact) mass is 253 g/mol. The van der Waals surface area contributed by atoms with Crippen LogP contribution in [0.15, 0.2) is 18.2 Å². The van der Waals surface area contributed by atoms with Crippen LogP contribution in [0.2, 0.25) is 0 Å². The summed E-state index contributed by atoms with van der Waals surface area (Å²) in [5.74, 6) is -0.932. The Morgan fingerprint density at radius 2 is 1.78 bits per heavy atom. The fraction of sp³-hybridized carbons (Fsp3) is 0.600. The first-order chi connectivity index (χ1) is 8.52. The van der Waals surface area contributed by atoms with Crippen LogP contribution < -0.4 is 5.32 Å². The molecule has 0 radical (unpaired) electrons. The van der Waals surface area contributed by atoms with E-state index in [0.717, 1.165) is 6.54 Å². The summed E-state index contributed by atoms with van der Waals surface area (Å²) in [4.78, 5) is 0. The molecule has 0 heterocycles. The highest BCUT2D eigenvalue weighted by Crippen LogP contribution is 2.37. The maximum atomic E-state index is 13.6. The molecule has 0 bridgehead atoms. The summed E-state index contributed by atoms with van der Waals surface area (Å²) < 4.78 is 27.2. The molecule has 0 saturated heterocycles. The lowest BCUT2D eigenvalue weighted by Gasteiger charge is -2.26. The fourth-order valence-electron chi connectivity index (χ4n) is 2.83. The minimum atomic E-state index is -0.466. The van der Waals surface area contributed by atoms with Crippen molar-refractivity contribution in [2.75, 3.05) is 6.54 Å². The molecule has 1 atom stereocenters. The molecular weight excluding hydrogens is 232 g/mol. The first-order valence-electron chi connectivity index (χ1n) is 6.69. The van der Waals surface area contributed by atoms with Gasteiger partial charge in [0.25, 0.3) is 0 Å². The smallest absolute Gasteiger partial charge is 0.130 e. The van der Waals surface area contributed by atoms with Crippen molar-refractivity contribution < 1.29 is 8.78 Å². The van der Waals surface area contributed by atoms with Crippen molar-refractivity contribution in [1.29, 1.82) is 0 Å². The lowest BCUT2D eigenvalue weighted by atomic mass is 9.88. The van der Waals surface area contributed by atoms with E-state index in [1.165, 1.54) is 43.9 Å². The predicted octanol–water partition coefficient (Wildman–Crippen LogP) is 4.20. The molecular formula is C15H21F2N. The Morgan fingerprint density at radius 3 is 2.33 bits per heavy atom. The maximum absolute atomic E-state index is 13.6. The topological polar surface area (TPSA) is 12.0 Å². The van der Waals surface area contributed by atoms with Gasteiger partial charge in [0.05, 0.1) is 0 Å². The molecule has 1 aromatic rings. The van der Waals surface area contributed by atoms with Crippen LogP contribution in [0.1, 0.15) is 51.1 Å². The first kappa shape index (κ1) is 13.5. The Hall–Kier alpha value is -0.960. The number of hydrogen-bond donors (Lipinski definition) is 1. The van der Waals surface area contributed by atoms with E-state index in [-0.39, 0.29) is 17.0 Å². The van der Waals surface area contributed by atoms with Crippen LogP contribution in [0.4, 0.5) is 8.78 Å². The molecule has 2 rings (SSSR count). The van der Waals surface area contributed by atoms with Gasteiger partial charge in [-0.15, -0.1) is 0 Å². The van der Waals surface area contributed by atoms with Crippen LogP contribution >= 0.6 is 0 Å². The van der Waals surface area contributed by atoms with Crippen molar-refractivity contribution in [2.24, 2.45) is 5.41 Å². The Kier molecular flexibility index (Phi) is 4.00. The molecule has 0 spiro atoms. The lowest BCUT2D eigenvalue weighted by Crippen LogP contribution is -2.32. The molecule has 100 valence electrons. The van der Waals surface area contributed by atoms with Crippen molar-refractivity contribution in [2.45, 2.75) is 45.6 Å². The zero-order valence-corrected chi connectivity index (χ0v) is 11.1. The van der Waals surface area contributed by atoms with E-state index in [1.807, 2.05) is 6.92 Å². The van der Waals surface area contributed by atoms with Crippen LogP contribution in [0.3, 0.4) is 0 Å². The lowest BCUT2D eigenvalue weighted by molar-refractivity contribution is 0.298. The largest absolute Gasteiger partial charge is 0.309 e. The summed E-state index contributed by atoms with van der Waals surface area (Å²) in [5.41, 5.74) is 0.440. The molecule has 0 amide bonds. The zero-order chi connectivity index (χ0) is 13.2. The Balaban J connectivity index is 2.01.